The van der Waals surface area contributed by atoms with Crippen molar-refractivity contribution >= 4 is 6.29 Å². The van der Waals surface area contributed by atoms with Crippen LogP contribution in [0.4, 0.5) is 0 Å². The van der Waals surface area contributed by atoms with Gasteiger partial charge in [-0.1, -0.05) is 43.4 Å². The molecule has 13 unspecified atom stereocenters. The first kappa shape index (κ1) is 35.7. The topological polar surface area (TPSA) is 104 Å². The zero-order chi connectivity index (χ0) is 33.1. The lowest BCUT2D eigenvalue weighted by molar-refractivity contribution is -0.250. The van der Waals surface area contributed by atoms with Crippen molar-refractivity contribution in [1.82, 2.24) is 0 Å². The van der Waals surface area contributed by atoms with Crippen LogP contribution in [0.25, 0.3) is 0 Å². The second-order valence-corrected chi connectivity index (χ2v) is 15.2. The van der Waals surface area contributed by atoms with Crippen molar-refractivity contribution in [2.24, 2.45) is 5.92 Å². The molecule has 5 saturated heterocycles. The van der Waals surface area contributed by atoms with E-state index in [0.717, 1.165) is 62.4 Å². The summed E-state index contributed by atoms with van der Waals surface area (Å²) in [5.74, 6) is 0.296. The molecule has 0 aromatic heterocycles. The maximum Gasteiger partial charge on any atom is 0.143 e. The summed E-state index contributed by atoms with van der Waals surface area (Å²) in [7, 11) is 0. The summed E-state index contributed by atoms with van der Waals surface area (Å²) in [6.07, 6.45) is 16.2. The summed E-state index contributed by atoms with van der Waals surface area (Å²) in [5.41, 5.74) is 0.579. The summed E-state index contributed by atoms with van der Waals surface area (Å²) in [6.45, 7) is 13.9. The Morgan fingerprint density at radius 2 is 1.65 bits per heavy atom. The maximum atomic E-state index is 11.6. The highest BCUT2D eigenvalue weighted by atomic mass is 16.6. The minimum absolute atomic E-state index is 0.0429. The van der Waals surface area contributed by atoms with Gasteiger partial charge in [-0.05, 0) is 90.2 Å². The molecule has 258 valence electrons. The summed E-state index contributed by atoms with van der Waals surface area (Å²) in [6, 6.07) is 0. The zero-order valence-corrected chi connectivity index (χ0v) is 28.6. The quantitative estimate of drug-likeness (QED) is 0.177. The van der Waals surface area contributed by atoms with Gasteiger partial charge in [0.25, 0.3) is 0 Å². The Labute approximate surface area is 276 Å². The van der Waals surface area contributed by atoms with Crippen molar-refractivity contribution in [3.8, 4) is 0 Å². The van der Waals surface area contributed by atoms with Gasteiger partial charge in [0.15, 0.2) is 0 Å². The Kier molecular flexibility index (Phi) is 11.8. The second-order valence-electron chi connectivity index (χ2n) is 15.2. The van der Waals surface area contributed by atoms with Crippen molar-refractivity contribution in [1.29, 1.82) is 0 Å². The van der Waals surface area contributed by atoms with Crippen molar-refractivity contribution in [3.05, 3.63) is 48.1 Å². The van der Waals surface area contributed by atoms with Crippen molar-refractivity contribution in [2.45, 2.75) is 177 Å². The molecule has 5 aliphatic rings. The third kappa shape index (κ3) is 8.49. The minimum atomic E-state index is -0.882. The molecule has 0 radical (unpaired) electrons. The van der Waals surface area contributed by atoms with E-state index in [9.17, 15) is 15.0 Å². The zero-order valence-electron chi connectivity index (χ0n) is 28.6. The van der Waals surface area contributed by atoms with Crippen LogP contribution >= 0.6 is 0 Å². The van der Waals surface area contributed by atoms with Crippen LogP contribution in [0.3, 0.4) is 0 Å². The average molecular weight is 643 g/mol. The molecule has 8 heteroatoms. The van der Waals surface area contributed by atoms with E-state index in [0.29, 0.717) is 31.6 Å². The molecule has 0 aromatic rings. The first-order valence-electron chi connectivity index (χ1n) is 17.7. The molecule has 0 aromatic carbocycles. The molecule has 13 atom stereocenters. The van der Waals surface area contributed by atoms with E-state index >= 15 is 0 Å². The molecule has 0 spiro atoms. The van der Waals surface area contributed by atoms with Crippen molar-refractivity contribution in [2.75, 3.05) is 0 Å². The highest BCUT2D eigenvalue weighted by Crippen LogP contribution is 2.46. The van der Waals surface area contributed by atoms with Crippen LogP contribution in [0.1, 0.15) is 105 Å². The van der Waals surface area contributed by atoms with Gasteiger partial charge >= 0.3 is 0 Å². The molecule has 0 aliphatic carbocycles. The van der Waals surface area contributed by atoms with Crippen LogP contribution in [0.5, 0.6) is 0 Å². The summed E-state index contributed by atoms with van der Waals surface area (Å²) >= 11 is 0. The number of allylic oxidation sites excluding steroid dienone is 7. The number of hydrogen-bond acceptors (Lipinski definition) is 8. The van der Waals surface area contributed by atoms with Gasteiger partial charge in [0.1, 0.15) is 12.4 Å². The molecular weight excluding hydrogens is 584 g/mol. The molecule has 5 aliphatic heterocycles. The monoisotopic (exact) mass is 642 g/mol. The Hall–Kier alpha value is -1.65. The number of rotatable bonds is 9. The van der Waals surface area contributed by atoms with E-state index in [2.05, 4.69) is 32.6 Å². The normalized spacial score (nSPS) is 45.3. The predicted octanol–water partition coefficient (Wildman–Crippen LogP) is 6.09. The fourth-order valence-electron chi connectivity index (χ4n) is 8.47. The smallest absolute Gasteiger partial charge is 0.143 e. The van der Waals surface area contributed by atoms with Gasteiger partial charge in [0.2, 0.25) is 0 Å². The summed E-state index contributed by atoms with van der Waals surface area (Å²) in [5, 5.41) is 22.9. The van der Waals surface area contributed by atoms with Crippen LogP contribution < -0.4 is 0 Å². The fourth-order valence-corrected chi connectivity index (χ4v) is 8.47. The number of carbonyl (C=O) groups is 1. The van der Waals surface area contributed by atoms with Crippen LogP contribution in [0.15, 0.2) is 48.1 Å². The van der Waals surface area contributed by atoms with Crippen LogP contribution in [-0.4, -0.2) is 88.7 Å². The van der Waals surface area contributed by atoms with Crippen LogP contribution in [0.2, 0.25) is 0 Å². The second kappa shape index (κ2) is 15.3. The van der Waals surface area contributed by atoms with E-state index < -0.39 is 23.4 Å². The number of aldehydes is 1. The van der Waals surface area contributed by atoms with Crippen LogP contribution in [0, 0.1) is 5.92 Å². The van der Waals surface area contributed by atoms with Crippen molar-refractivity contribution < 1.29 is 38.7 Å². The van der Waals surface area contributed by atoms with Crippen LogP contribution in [-0.2, 0) is 28.5 Å². The number of aliphatic hydroxyl groups is 2. The molecule has 5 heterocycles. The Bertz CT molecular complexity index is 1140. The summed E-state index contributed by atoms with van der Waals surface area (Å²) < 4.78 is 33.8. The van der Waals surface area contributed by atoms with Gasteiger partial charge < -0.3 is 33.9 Å². The molecule has 5 rings (SSSR count). The predicted molar refractivity (Wildman–Crippen MR) is 177 cm³/mol. The SMILES string of the molecule is C=CC=CCCC1CC(C)(O)CC2OC3CC4OC5CC(C)C(CCC=C(C)C(C)=CC=O)OC5(C)CC(O)C4OC3CCC2O1. The Morgan fingerprint density at radius 3 is 2.39 bits per heavy atom. The van der Waals surface area contributed by atoms with Gasteiger partial charge in [-0.3, -0.25) is 4.79 Å². The molecular formula is C38H58O8. The third-order valence-corrected chi connectivity index (χ3v) is 11.2. The van der Waals surface area contributed by atoms with E-state index in [4.69, 9.17) is 23.7 Å². The number of fused-ring (bicyclic) bond motifs is 4. The van der Waals surface area contributed by atoms with Crippen molar-refractivity contribution in [3.63, 3.8) is 0 Å². The van der Waals surface area contributed by atoms with E-state index in [1.165, 1.54) is 0 Å². The molecule has 5 fully saturated rings. The highest BCUT2D eigenvalue weighted by Gasteiger charge is 2.55. The first-order valence-corrected chi connectivity index (χ1v) is 17.7. The lowest BCUT2D eigenvalue weighted by Crippen LogP contribution is -2.54. The standard InChI is InChI=1S/C38H58O8/c1-7-8-9-10-13-27-21-37(5,41)23-34-31(42-27)16-15-30-32(43-34)20-33-36(45-30)28(40)22-38(6)35(44-33)19-26(4)29(46-38)14-11-12-24(2)25(3)17-18-39/h7-9,12,17-18,26-36,40-41H,1,10-11,13-16,19-23H2,2-6H3. The molecule has 46 heavy (non-hydrogen) atoms. The van der Waals surface area contributed by atoms with Gasteiger partial charge in [0.05, 0.1) is 66.1 Å². The molecule has 0 saturated carbocycles. The minimum Gasteiger partial charge on any atom is -0.390 e. The maximum absolute atomic E-state index is 11.6. The average Bonchev–Trinajstić information content (AvgIpc) is 3.27. The highest BCUT2D eigenvalue weighted by molar-refractivity contribution is 5.67. The van der Waals surface area contributed by atoms with E-state index in [-0.39, 0.29) is 48.8 Å². The van der Waals surface area contributed by atoms with Gasteiger partial charge in [-0.25, -0.2) is 0 Å². The number of aliphatic hydroxyl groups excluding tert-OH is 1. The van der Waals surface area contributed by atoms with Gasteiger partial charge in [0, 0.05) is 25.7 Å². The van der Waals surface area contributed by atoms with Gasteiger partial charge in [-0.15, -0.1) is 0 Å². The molecule has 2 N–H and O–H groups in total. The van der Waals surface area contributed by atoms with Gasteiger partial charge in [-0.2, -0.15) is 0 Å². The fraction of sp³-hybridized carbons (Fsp3) is 0.763. The largest absolute Gasteiger partial charge is 0.390 e. The number of carbonyl (C=O) groups excluding carboxylic acids is 1. The lowest BCUT2D eigenvalue weighted by Gasteiger charge is -2.47. The Morgan fingerprint density at radius 1 is 0.891 bits per heavy atom. The summed E-state index contributed by atoms with van der Waals surface area (Å²) in [4.78, 5) is 10.8. The molecule has 0 bridgehead atoms. The number of ether oxygens (including phenoxy) is 5. The van der Waals surface area contributed by atoms with E-state index in [1.54, 1.807) is 12.2 Å². The Balaban J connectivity index is 1.24. The molecule has 8 nitrogen and oxygen atoms in total. The lowest BCUT2D eigenvalue weighted by atomic mass is 9.80. The number of hydrogen-bond donors (Lipinski definition) is 2. The molecule has 0 amide bonds. The first-order chi connectivity index (χ1) is 21.9. The third-order valence-electron chi connectivity index (χ3n) is 11.2. The van der Waals surface area contributed by atoms with E-state index in [1.807, 2.05) is 26.8 Å².